The third kappa shape index (κ3) is 4.44. The van der Waals surface area contributed by atoms with E-state index in [9.17, 15) is 0 Å². The van der Waals surface area contributed by atoms with E-state index >= 15 is 0 Å². The Morgan fingerprint density at radius 1 is 0.365 bits per heavy atom. The maximum absolute atomic E-state index is 6.38. The Kier molecular flexibility index (Phi) is 6.15. The van der Waals surface area contributed by atoms with Crippen molar-refractivity contribution in [3.8, 4) is 45.3 Å². The lowest BCUT2D eigenvalue weighted by Crippen LogP contribution is -2.00. The molecule has 4 heterocycles. The van der Waals surface area contributed by atoms with Crippen molar-refractivity contribution in [1.82, 2.24) is 19.9 Å². The van der Waals surface area contributed by atoms with Crippen molar-refractivity contribution in [2.45, 2.75) is 0 Å². The van der Waals surface area contributed by atoms with Gasteiger partial charge in [-0.15, -0.1) is 0 Å². The maximum atomic E-state index is 6.38. The van der Waals surface area contributed by atoms with Gasteiger partial charge in [-0.25, -0.2) is 15.0 Å². The van der Waals surface area contributed by atoms with Gasteiger partial charge in [0.1, 0.15) is 22.3 Å². The van der Waals surface area contributed by atoms with E-state index in [1.54, 1.807) is 0 Å². The fourth-order valence-electron chi connectivity index (χ4n) is 7.59. The Hall–Kier alpha value is -7.18. The molecular weight excluding hydrogens is 641 g/mol. The molecule has 0 aliphatic heterocycles. The SMILES string of the molecule is c1ccc(-c2nc(-c3cccc4cc(-c5cccc6oc7cc8ccncc8cc7c56)ccc34)nc(-c3cccc4oc5ccccc5c34)n2)cc1. The van der Waals surface area contributed by atoms with E-state index in [1.165, 1.54) is 0 Å². The van der Waals surface area contributed by atoms with Crippen LogP contribution in [0.15, 0.2) is 167 Å². The van der Waals surface area contributed by atoms with E-state index in [1.807, 2.05) is 85.2 Å². The van der Waals surface area contributed by atoms with Gasteiger partial charge in [0, 0.05) is 56.0 Å². The van der Waals surface area contributed by atoms with E-state index in [2.05, 4.69) is 77.8 Å². The van der Waals surface area contributed by atoms with Gasteiger partial charge in [-0.3, -0.25) is 4.98 Å². The number of rotatable bonds is 4. The second-order valence-electron chi connectivity index (χ2n) is 13.0. The normalized spacial score (nSPS) is 11.8. The molecule has 0 aliphatic carbocycles. The van der Waals surface area contributed by atoms with Crippen molar-refractivity contribution >= 4 is 65.4 Å². The molecule has 0 amide bonds. The largest absolute Gasteiger partial charge is 0.456 e. The van der Waals surface area contributed by atoms with Gasteiger partial charge in [-0.2, -0.15) is 0 Å². The first kappa shape index (κ1) is 28.6. The number of hydrogen-bond donors (Lipinski definition) is 0. The summed E-state index contributed by atoms with van der Waals surface area (Å²) in [5, 5.41) is 8.51. The Morgan fingerprint density at radius 3 is 1.94 bits per heavy atom. The van der Waals surface area contributed by atoms with Crippen molar-refractivity contribution in [2.75, 3.05) is 0 Å². The minimum absolute atomic E-state index is 0.593. The highest BCUT2D eigenvalue weighted by molar-refractivity contribution is 6.16. The van der Waals surface area contributed by atoms with Crippen molar-refractivity contribution in [3.05, 3.63) is 158 Å². The Labute approximate surface area is 296 Å². The van der Waals surface area contributed by atoms with Gasteiger partial charge in [0.15, 0.2) is 17.5 Å². The summed E-state index contributed by atoms with van der Waals surface area (Å²) in [6, 6.07) is 49.7. The summed E-state index contributed by atoms with van der Waals surface area (Å²) in [6.45, 7) is 0. The van der Waals surface area contributed by atoms with Crippen LogP contribution in [-0.2, 0) is 0 Å². The summed E-state index contributed by atoms with van der Waals surface area (Å²) < 4.78 is 12.6. The van der Waals surface area contributed by atoms with E-state index in [0.29, 0.717) is 17.5 Å². The molecule has 0 fully saturated rings. The smallest absolute Gasteiger partial charge is 0.164 e. The molecule has 0 atom stereocenters. The first-order valence-electron chi connectivity index (χ1n) is 17.2. The highest BCUT2D eigenvalue weighted by Crippen LogP contribution is 2.41. The molecule has 0 bridgehead atoms. The van der Waals surface area contributed by atoms with Crippen molar-refractivity contribution < 1.29 is 8.83 Å². The highest BCUT2D eigenvalue weighted by Gasteiger charge is 2.19. The van der Waals surface area contributed by atoms with Gasteiger partial charge in [-0.05, 0) is 69.8 Å². The topological polar surface area (TPSA) is 77.8 Å². The van der Waals surface area contributed by atoms with Crippen LogP contribution < -0.4 is 0 Å². The molecule has 0 unspecified atom stereocenters. The number of fused-ring (bicyclic) bond motifs is 8. The van der Waals surface area contributed by atoms with Crippen LogP contribution >= 0.6 is 0 Å². The van der Waals surface area contributed by atoms with E-state index in [-0.39, 0.29) is 0 Å². The van der Waals surface area contributed by atoms with Crippen LogP contribution in [-0.4, -0.2) is 19.9 Å². The monoisotopic (exact) mass is 666 g/mol. The van der Waals surface area contributed by atoms with Crippen LogP contribution in [0.2, 0.25) is 0 Å². The Bertz CT molecular complexity index is 3200. The zero-order chi connectivity index (χ0) is 34.2. The van der Waals surface area contributed by atoms with Crippen LogP contribution in [0.1, 0.15) is 0 Å². The molecule has 0 saturated carbocycles. The minimum atomic E-state index is 0.593. The molecule has 11 aromatic rings. The van der Waals surface area contributed by atoms with Gasteiger partial charge in [0.05, 0.1) is 0 Å². The fourth-order valence-corrected chi connectivity index (χ4v) is 7.59. The maximum Gasteiger partial charge on any atom is 0.164 e. The third-order valence-electron chi connectivity index (χ3n) is 10.00. The molecule has 6 nitrogen and oxygen atoms in total. The quantitative estimate of drug-likeness (QED) is 0.186. The molecule has 52 heavy (non-hydrogen) atoms. The summed E-state index contributed by atoms with van der Waals surface area (Å²) in [5.74, 6) is 1.81. The van der Waals surface area contributed by atoms with Gasteiger partial charge in [-0.1, -0.05) is 103 Å². The van der Waals surface area contributed by atoms with Crippen LogP contribution in [0.3, 0.4) is 0 Å². The summed E-state index contributed by atoms with van der Waals surface area (Å²) >= 11 is 0. The summed E-state index contributed by atoms with van der Waals surface area (Å²) in [7, 11) is 0. The second kappa shape index (κ2) is 11.2. The van der Waals surface area contributed by atoms with Crippen LogP contribution in [0, 0.1) is 0 Å². The lowest BCUT2D eigenvalue weighted by atomic mass is 9.95. The lowest BCUT2D eigenvalue weighted by Gasteiger charge is -2.12. The molecule has 0 N–H and O–H groups in total. The second-order valence-corrected chi connectivity index (χ2v) is 13.0. The predicted octanol–water partition coefficient (Wildman–Crippen LogP) is 12.0. The number of hydrogen-bond acceptors (Lipinski definition) is 6. The first-order chi connectivity index (χ1) is 25.7. The van der Waals surface area contributed by atoms with Gasteiger partial charge >= 0.3 is 0 Å². The standard InChI is InChI=1S/C46H26N4O2/c1-2-9-27(10-3-1)44-48-45(50-46(49-44)36-15-8-18-40-43(36)35-12-4-5-16-38(35)51-40)34-14-6-11-29-23-30(19-20-32(29)34)33-13-7-17-39-42(33)37-24-31-26-47-22-21-28(31)25-41(37)52-39/h1-26H. The Balaban J connectivity index is 1.10. The molecule has 0 saturated heterocycles. The minimum Gasteiger partial charge on any atom is -0.456 e. The summed E-state index contributed by atoms with van der Waals surface area (Å²) in [4.78, 5) is 19.7. The molecule has 11 rings (SSSR count). The average Bonchev–Trinajstić information content (AvgIpc) is 3.77. The van der Waals surface area contributed by atoms with Gasteiger partial charge in [0.2, 0.25) is 0 Å². The zero-order valence-electron chi connectivity index (χ0n) is 27.6. The molecular formula is C46H26N4O2. The van der Waals surface area contributed by atoms with Crippen molar-refractivity contribution in [2.24, 2.45) is 0 Å². The van der Waals surface area contributed by atoms with Crippen LogP contribution in [0.25, 0.3) is 111 Å². The van der Waals surface area contributed by atoms with Gasteiger partial charge < -0.3 is 8.83 Å². The highest BCUT2D eigenvalue weighted by atomic mass is 16.3. The predicted molar refractivity (Wildman–Crippen MR) is 209 cm³/mol. The molecule has 242 valence electrons. The summed E-state index contributed by atoms with van der Waals surface area (Å²) in [5.41, 5.74) is 8.31. The molecule has 4 aromatic heterocycles. The van der Waals surface area contributed by atoms with Crippen molar-refractivity contribution in [3.63, 3.8) is 0 Å². The zero-order valence-corrected chi connectivity index (χ0v) is 27.6. The number of furan rings is 2. The first-order valence-corrected chi connectivity index (χ1v) is 17.2. The molecule has 7 aromatic carbocycles. The van der Waals surface area contributed by atoms with Crippen LogP contribution in [0.5, 0.6) is 0 Å². The number of para-hydroxylation sites is 1. The average molecular weight is 667 g/mol. The third-order valence-corrected chi connectivity index (χ3v) is 10.00. The van der Waals surface area contributed by atoms with E-state index in [4.69, 9.17) is 23.8 Å². The lowest BCUT2D eigenvalue weighted by molar-refractivity contribution is 0.669. The molecule has 0 spiro atoms. The van der Waals surface area contributed by atoms with Gasteiger partial charge in [0.25, 0.3) is 0 Å². The fraction of sp³-hybridized carbons (Fsp3) is 0. The summed E-state index contributed by atoms with van der Waals surface area (Å²) in [6.07, 6.45) is 3.72. The Morgan fingerprint density at radius 2 is 1.06 bits per heavy atom. The molecule has 0 aliphatic rings. The van der Waals surface area contributed by atoms with E-state index < -0.39 is 0 Å². The number of benzene rings is 7. The number of aromatic nitrogens is 4. The number of pyridine rings is 1. The molecule has 6 heteroatoms. The number of nitrogens with zero attached hydrogens (tertiary/aromatic N) is 4. The van der Waals surface area contributed by atoms with Crippen molar-refractivity contribution in [1.29, 1.82) is 0 Å². The van der Waals surface area contributed by atoms with E-state index in [0.717, 1.165) is 93.2 Å². The molecule has 0 radical (unpaired) electrons. The van der Waals surface area contributed by atoms with Crippen LogP contribution in [0.4, 0.5) is 0 Å².